The molecule has 1 amide bonds. The molecule has 3 N–H and O–H groups in total. The largest absolute Gasteiger partial charge is 0.481 e. The number of nitrogens with zero attached hydrogens (tertiary/aromatic N) is 3. The summed E-state index contributed by atoms with van der Waals surface area (Å²) in [6.07, 6.45) is 9.56. The lowest BCUT2D eigenvalue weighted by Crippen LogP contribution is -2.69. The first kappa shape index (κ1) is 39.4. The predicted molar refractivity (Wildman–Crippen MR) is 203 cm³/mol. The summed E-state index contributed by atoms with van der Waals surface area (Å²) < 4.78 is 15.8. The highest BCUT2D eigenvalue weighted by atomic mass is 16.5. The van der Waals surface area contributed by atoms with E-state index in [0.717, 1.165) is 38.5 Å². The summed E-state index contributed by atoms with van der Waals surface area (Å²) in [4.78, 5) is 30.9. The third kappa shape index (κ3) is 5.57. The Morgan fingerprint density at radius 1 is 1.10 bits per heavy atom. The van der Waals surface area contributed by atoms with Crippen molar-refractivity contribution in [3.05, 3.63) is 23.8 Å². The number of hydrogen-bond acceptors (Lipinski definition) is 7. The molecule has 0 aromatic carbocycles. The average Bonchev–Trinajstić information content (AvgIpc) is 3.58. The van der Waals surface area contributed by atoms with E-state index in [-0.39, 0.29) is 62.4 Å². The van der Waals surface area contributed by atoms with Crippen LogP contribution in [0.5, 0.6) is 0 Å². The van der Waals surface area contributed by atoms with Crippen LogP contribution >= 0.6 is 0 Å². The Balaban J connectivity index is 1.45. The monoisotopic (exact) mass is 724 g/mol. The second-order valence-electron chi connectivity index (χ2n) is 19.6. The normalized spacial score (nSPS) is 41.7. The van der Waals surface area contributed by atoms with E-state index in [2.05, 4.69) is 90.9 Å². The molecular formula is C42H69N5O5. The van der Waals surface area contributed by atoms with E-state index in [1.165, 1.54) is 5.57 Å². The van der Waals surface area contributed by atoms with Gasteiger partial charge in [-0.25, -0.2) is 9.67 Å². The summed E-state index contributed by atoms with van der Waals surface area (Å²) in [6.45, 7) is 27.0. The molecule has 0 radical (unpaired) electrons. The minimum Gasteiger partial charge on any atom is -0.481 e. The molecule has 2 heterocycles. The van der Waals surface area contributed by atoms with E-state index in [1.807, 2.05) is 18.7 Å². The Labute approximate surface area is 313 Å². The maximum Gasteiger partial charge on any atom is 0.307 e. The highest BCUT2D eigenvalue weighted by Crippen LogP contribution is 2.75. The van der Waals surface area contributed by atoms with Crippen LogP contribution < -0.4 is 10.6 Å². The van der Waals surface area contributed by atoms with Gasteiger partial charge in [-0.15, -0.1) is 5.10 Å². The Kier molecular flexibility index (Phi) is 10.2. The van der Waals surface area contributed by atoms with Gasteiger partial charge in [0.05, 0.1) is 37.9 Å². The van der Waals surface area contributed by atoms with Gasteiger partial charge in [-0.05, 0) is 105 Å². The maximum atomic E-state index is 13.5. The van der Waals surface area contributed by atoms with Crippen LogP contribution in [0.1, 0.15) is 131 Å². The summed E-state index contributed by atoms with van der Waals surface area (Å²) in [5.41, 5.74) is -0.157. The van der Waals surface area contributed by atoms with Gasteiger partial charge in [-0.2, -0.15) is 0 Å². The standard InChI is InChI=1S/C42H69N5O5/c1-13-44-35(48)34-45-24-47(46-34)30-20-42-23-51-21-38(8,33(30)52-22-41(11,43-12)26(4)5)31(42)15-14-28-29(42)16-17-40(10)32(36(49)50)37(7,27(6)25(2)3)18-19-39(28,40)9/h16,24-28,30-33,43H,13-15,17-23H2,1-12H3,(H,44,48)(H,49,50)/t27-,28+,30-,31+,32-,33+,37-,38+,39-,40+,41+,42?/m1/s1. The summed E-state index contributed by atoms with van der Waals surface area (Å²) in [5, 5.41) is 22.3. The molecule has 12 atom stereocenters. The Bertz CT molecular complexity index is 1560. The molecule has 4 fully saturated rings. The van der Waals surface area contributed by atoms with Gasteiger partial charge in [0.15, 0.2) is 0 Å². The van der Waals surface area contributed by atoms with Gasteiger partial charge >= 0.3 is 5.97 Å². The van der Waals surface area contributed by atoms with Gasteiger partial charge < -0.3 is 25.2 Å². The number of ether oxygens (including phenoxy) is 2. The molecule has 10 nitrogen and oxygen atoms in total. The Morgan fingerprint density at radius 2 is 1.81 bits per heavy atom. The number of carboxylic acids is 1. The van der Waals surface area contributed by atoms with Crippen molar-refractivity contribution in [2.45, 2.75) is 132 Å². The fourth-order valence-electron chi connectivity index (χ4n) is 12.7. The van der Waals surface area contributed by atoms with E-state index in [0.29, 0.717) is 50.0 Å². The lowest BCUT2D eigenvalue weighted by Gasteiger charge is -2.71. The zero-order valence-electron chi connectivity index (χ0n) is 34.3. The lowest BCUT2D eigenvalue weighted by atomic mass is 9.34. The number of nitrogens with one attached hydrogen (secondary N) is 2. The van der Waals surface area contributed by atoms with Crippen LogP contribution in [0.2, 0.25) is 0 Å². The second-order valence-corrected chi connectivity index (χ2v) is 19.6. The van der Waals surface area contributed by atoms with Crippen molar-refractivity contribution in [2.24, 2.45) is 62.6 Å². The van der Waals surface area contributed by atoms with Gasteiger partial charge in [0, 0.05) is 22.9 Å². The van der Waals surface area contributed by atoms with Crippen LogP contribution in [0.15, 0.2) is 18.0 Å². The van der Waals surface area contributed by atoms with E-state index in [1.54, 1.807) is 6.33 Å². The van der Waals surface area contributed by atoms with Crippen molar-refractivity contribution < 1.29 is 24.2 Å². The summed E-state index contributed by atoms with van der Waals surface area (Å²) in [6, 6.07) is -0.164. The first-order valence-corrected chi connectivity index (χ1v) is 20.3. The fraction of sp³-hybridized carbons (Fsp3) is 0.857. The van der Waals surface area contributed by atoms with Crippen LogP contribution in [0.3, 0.4) is 0 Å². The molecule has 52 heavy (non-hydrogen) atoms. The predicted octanol–water partition coefficient (Wildman–Crippen LogP) is 7.18. The fourth-order valence-corrected chi connectivity index (χ4v) is 12.7. The molecule has 1 aromatic rings. The zero-order chi connectivity index (χ0) is 38.2. The number of rotatable bonds is 11. The number of carboxylic acid groups (broad SMARTS) is 1. The molecule has 1 unspecified atom stereocenters. The molecule has 10 heteroatoms. The number of carbonyl (C=O) groups excluding carboxylic acids is 1. The number of allylic oxidation sites excluding steroid dienone is 1. The minimum atomic E-state index is -0.637. The molecule has 6 rings (SSSR count). The SMILES string of the molecule is CCNC(=O)c1ncn([C@@H]2CC34COC[C@@](C)([C@@H]3CC[C@H]3C4=CC[C@@]4(C)[C@H](C(=O)O)[C@@](C)([C@H](C)C(C)C)CC[C@]34C)[C@H]2OC[C@](C)(NC)C(C)C)n1. The quantitative estimate of drug-likeness (QED) is 0.205. The van der Waals surface area contributed by atoms with E-state index < -0.39 is 11.9 Å². The van der Waals surface area contributed by atoms with E-state index in [4.69, 9.17) is 14.6 Å². The van der Waals surface area contributed by atoms with Crippen LogP contribution in [0, 0.1) is 62.6 Å². The first-order chi connectivity index (χ1) is 24.3. The molecule has 4 aliphatic carbocycles. The van der Waals surface area contributed by atoms with Crippen molar-refractivity contribution in [2.75, 3.05) is 33.4 Å². The summed E-state index contributed by atoms with van der Waals surface area (Å²) in [5.74, 6) is 0.491. The molecule has 5 aliphatic rings. The van der Waals surface area contributed by atoms with Gasteiger partial charge in [-0.1, -0.05) is 74.0 Å². The van der Waals surface area contributed by atoms with Crippen LogP contribution in [0.4, 0.5) is 0 Å². The van der Waals surface area contributed by atoms with Crippen LogP contribution in [-0.2, 0) is 14.3 Å². The van der Waals surface area contributed by atoms with Crippen molar-refractivity contribution in [3.63, 3.8) is 0 Å². The third-order valence-electron chi connectivity index (χ3n) is 16.9. The number of likely N-dealkylation sites (N-methyl/N-ethyl adjacent to an activating group) is 1. The molecule has 2 bridgehead atoms. The second kappa shape index (κ2) is 13.5. The van der Waals surface area contributed by atoms with E-state index in [9.17, 15) is 14.7 Å². The van der Waals surface area contributed by atoms with Crippen molar-refractivity contribution >= 4 is 11.9 Å². The zero-order valence-corrected chi connectivity index (χ0v) is 34.3. The minimum absolute atomic E-state index is 0.164. The highest BCUT2D eigenvalue weighted by Gasteiger charge is 2.72. The third-order valence-corrected chi connectivity index (χ3v) is 16.9. The number of amides is 1. The van der Waals surface area contributed by atoms with Gasteiger partial charge in [0.1, 0.15) is 6.33 Å². The smallest absolute Gasteiger partial charge is 0.307 e. The summed E-state index contributed by atoms with van der Waals surface area (Å²) in [7, 11) is 2.01. The van der Waals surface area contributed by atoms with Crippen molar-refractivity contribution in [1.29, 1.82) is 0 Å². The topological polar surface area (TPSA) is 128 Å². The molecule has 3 saturated carbocycles. The van der Waals surface area contributed by atoms with Gasteiger partial charge in [0.2, 0.25) is 5.82 Å². The highest BCUT2D eigenvalue weighted by molar-refractivity contribution is 5.90. The maximum absolute atomic E-state index is 13.5. The Hall–Kier alpha value is -2.30. The lowest BCUT2D eigenvalue weighted by molar-refractivity contribution is -0.253. The number of hydrogen-bond donors (Lipinski definition) is 3. The average molecular weight is 724 g/mol. The Morgan fingerprint density at radius 3 is 2.42 bits per heavy atom. The number of fused-ring (bicyclic) bond motifs is 3. The van der Waals surface area contributed by atoms with Crippen LogP contribution in [-0.4, -0.2) is 76.8 Å². The molecule has 292 valence electrons. The summed E-state index contributed by atoms with van der Waals surface area (Å²) >= 11 is 0. The number of aromatic nitrogens is 3. The van der Waals surface area contributed by atoms with Crippen LogP contribution in [0.25, 0.3) is 0 Å². The van der Waals surface area contributed by atoms with E-state index >= 15 is 0 Å². The van der Waals surface area contributed by atoms with Crippen molar-refractivity contribution in [3.8, 4) is 0 Å². The molecule has 1 aromatic heterocycles. The number of aliphatic carboxylic acids is 1. The number of carbonyl (C=O) groups is 2. The molecule has 0 spiro atoms. The van der Waals surface area contributed by atoms with Gasteiger partial charge in [-0.3, -0.25) is 9.59 Å². The first-order valence-electron chi connectivity index (χ1n) is 20.3. The van der Waals surface area contributed by atoms with Crippen molar-refractivity contribution in [1.82, 2.24) is 25.4 Å². The molecule has 1 saturated heterocycles. The van der Waals surface area contributed by atoms with Gasteiger partial charge in [0.25, 0.3) is 5.91 Å². The molecular weight excluding hydrogens is 654 g/mol. The molecule has 1 aliphatic heterocycles.